The number of aliphatic hydroxyl groups is 1. The summed E-state index contributed by atoms with van der Waals surface area (Å²) < 4.78 is 4.22. The van der Waals surface area contributed by atoms with Gasteiger partial charge in [-0.2, -0.15) is 4.37 Å². The highest BCUT2D eigenvalue weighted by Crippen LogP contribution is 2.33. The first-order valence-electron chi connectivity index (χ1n) is 7.80. The van der Waals surface area contributed by atoms with Crippen LogP contribution in [0, 0.1) is 0 Å². The van der Waals surface area contributed by atoms with Gasteiger partial charge in [0.15, 0.2) is 0 Å². The molecule has 140 valence electrons. The van der Waals surface area contributed by atoms with Gasteiger partial charge in [-0.1, -0.05) is 42.4 Å². The second-order valence-corrected chi connectivity index (χ2v) is 7.54. The van der Waals surface area contributed by atoms with E-state index in [1.807, 2.05) is 19.1 Å². The van der Waals surface area contributed by atoms with Crippen LogP contribution in [0.15, 0.2) is 29.3 Å². The van der Waals surface area contributed by atoms with E-state index in [1.165, 1.54) is 11.8 Å². The van der Waals surface area contributed by atoms with Crippen molar-refractivity contribution in [1.82, 2.24) is 9.69 Å². The van der Waals surface area contributed by atoms with Gasteiger partial charge < -0.3 is 16.2 Å². The van der Waals surface area contributed by atoms with Crippen LogP contribution in [0.3, 0.4) is 0 Å². The molecule has 0 saturated carbocycles. The lowest BCUT2D eigenvalue weighted by atomic mass is 10.2. The van der Waals surface area contributed by atoms with Gasteiger partial charge in [0.05, 0.1) is 6.10 Å². The van der Waals surface area contributed by atoms with Gasteiger partial charge >= 0.3 is 6.03 Å². The Hall–Kier alpha value is -1.81. The zero-order valence-electron chi connectivity index (χ0n) is 14.0. The predicted octanol–water partition coefficient (Wildman–Crippen LogP) is 3.08. The van der Waals surface area contributed by atoms with Crippen molar-refractivity contribution < 1.29 is 14.7 Å². The van der Waals surface area contributed by atoms with Crippen LogP contribution < -0.4 is 16.4 Å². The second kappa shape index (κ2) is 9.77. The van der Waals surface area contributed by atoms with Gasteiger partial charge in [0.2, 0.25) is 0 Å². The fraction of sp³-hybridized carbons (Fsp3) is 0.312. The number of amides is 3. The fourth-order valence-corrected chi connectivity index (χ4v) is 3.96. The number of nitrogens with zero attached hydrogens (tertiary/aromatic N) is 1. The van der Waals surface area contributed by atoms with E-state index in [0.717, 1.165) is 17.1 Å². The molecule has 26 heavy (non-hydrogen) atoms. The second-order valence-electron chi connectivity index (χ2n) is 5.37. The molecule has 1 heterocycles. The van der Waals surface area contributed by atoms with Crippen LogP contribution in [0.25, 0.3) is 0 Å². The number of urea groups is 1. The summed E-state index contributed by atoms with van der Waals surface area (Å²) in [6.07, 6.45) is -0.0953. The molecule has 7 nitrogen and oxygen atoms in total. The van der Waals surface area contributed by atoms with Gasteiger partial charge in [-0.05, 0) is 35.6 Å². The standard InChI is InChI=1S/C16H19ClN4O3S2/c1-2-11(22)7-19-16(24)20-14-12(13(18)23)15(21-26-14)25-8-9-3-5-10(17)6-4-9/h3-6,11,22H,2,7-8H2,1H3,(H2,18,23)(H2,19,20,24). The van der Waals surface area contributed by atoms with Crippen LogP contribution in [-0.2, 0) is 5.75 Å². The number of thioether (sulfide) groups is 1. The molecule has 0 bridgehead atoms. The van der Waals surface area contributed by atoms with Gasteiger partial charge in [-0.3, -0.25) is 10.1 Å². The molecule has 0 aliphatic rings. The number of aliphatic hydroxyl groups excluding tert-OH is 1. The summed E-state index contributed by atoms with van der Waals surface area (Å²) in [5.41, 5.74) is 6.65. The van der Waals surface area contributed by atoms with Gasteiger partial charge in [0, 0.05) is 17.3 Å². The SMILES string of the molecule is CCC(O)CNC(=O)Nc1snc(SCc2ccc(Cl)cc2)c1C(N)=O. The molecule has 0 radical (unpaired) electrons. The number of carbonyl (C=O) groups is 2. The molecule has 2 aromatic rings. The molecule has 0 spiro atoms. The van der Waals surface area contributed by atoms with Gasteiger partial charge in [0.25, 0.3) is 5.91 Å². The Labute approximate surface area is 164 Å². The molecule has 1 atom stereocenters. The summed E-state index contributed by atoms with van der Waals surface area (Å²) in [6, 6.07) is 6.82. The van der Waals surface area contributed by atoms with E-state index < -0.39 is 18.0 Å². The third-order valence-corrected chi connectivity index (χ3v) is 5.57. The number of hydrogen-bond donors (Lipinski definition) is 4. The van der Waals surface area contributed by atoms with Crippen molar-refractivity contribution in [3.63, 3.8) is 0 Å². The normalized spacial score (nSPS) is 11.8. The molecule has 5 N–H and O–H groups in total. The van der Waals surface area contributed by atoms with Gasteiger partial charge in [-0.15, -0.1) is 0 Å². The lowest BCUT2D eigenvalue weighted by molar-refractivity contribution is 0.0998. The average molecular weight is 415 g/mol. The smallest absolute Gasteiger partial charge is 0.319 e. The largest absolute Gasteiger partial charge is 0.391 e. The molecule has 1 aromatic carbocycles. The number of anilines is 1. The Morgan fingerprint density at radius 2 is 2.08 bits per heavy atom. The Kier molecular flexibility index (Phi) is 7.70. The van der Waals surface area contributed by atoms with Crippen molar-refractivity contribution >= 4 is 51.8 Å². The minimum Gasteiger partial charge on any atom is -0.391 e. The Morgan fingerprint density at radius 1 is 1.38 bits per heavy atom. The highest BCUT2D eigenvalue weighted by molar-refractivity contribution is 7.98. The number of benzene rings is 1. The van der Waals surface area contributed by atoms with Crippen LogP contribution in [-0.4, -0.2) is 34.1 Å². The highest BCUT2D eigenvalue weighted by atomic mass is 35.5. The maximum Gasteiger partial charge on any atom is 0.319 e. The monoisotopic (exact) mass is 414 g/mol. The maximum atomic E-state index is 11.9. The first kappa shape index (κ1) is 20.5. The number of nitrogens with two attached hydrogens (primary N) is 1. The Balaban J connectivity index is 2.03. The maximum absolute atomic E-state index is 11.9. The van der Waals surface area contributed by atoms with Crippen LogP contribution in [0.2, 0.25) is 5.02 Å². The lowest BCUT2D eigenvalue weighted by Gasteiger charge is -2.10. The molecular weight excluding hydrogens is 396 g/mol. The van der Waals surface area contributed by atoms with E-state index in [-0.39, 0.29) is 17.1 Å². The molecule has 2 rings (SSSR count). The van der Waals surface area contributed by atoms with Crippen molar-refractivity contribution in [3.05, 3.63) is 40.4 Å². The number of halogens is 1. The first-order valence-corrected chi connectivity index (χ1v) is 9.94. The molecular formula is C16H19ClN4O3S2. The number of aromatic nitrogens is 1. The lowest BCUT2D eigenvalue weighted by Crippen LogP contribution is -2.35. The zero-order chi connectivity index (χ0) is 19.1. The van der Waals surface area contributed by atoms with Crippen molar-refractivity contribution in [2.45, 2.75) is 30.2 Å². The van der Waals surface area contributed by atoms with Crippen LogP contribution in [0.4, 0.5) is 9.80 Å². The van der Waals surface area contributed by atoms with E-state index in [2.05, 4.69) is 15.0 Å². The van der Waals surface area contributed by atoms with E-state index in [1.54, 1.807) is 12.1 Å². The van der Waals surface area contributed by atoms with E-state index in [9.17, 15) is 14.7 Å². The first-order chi connectivity index (χ1) is 12.4. The van der Waals surface area contributed by atoms with Gasteiger partial charge in [0.1, 0.15) is 15.6 Å². The van der Waals surface area contributed by atoms with Crippen molar-refractivity contribution in [1.29, 1.82) is 0 Å². The summed E-state index contributed by atoms with van der Waals surface area (Å²) in [5.74, 6) is -0.0866. The van der Waals surface area contributed by atoms with Crippen molar-refractivity contribution in [2.24, 2.45) is 5.73 Å². The summed E-state index contributed by atoms with van der Waals surface area (Å²) >= 11 is 8.19. The number of carbonyl (C=O) groups excluding carboxylic acids is 2. The Bertz CT molecular complexity index is 767. The van der Waals surface area contributed by atoms with Crippen LogP contribution in [0.1, 0.15) is 29.3 Å². The highest BCUT2D eigenvalue weighted by Gasteiger charge is 2.21. The third kappa shape index (κ3) is 5.87. The summed E-state index contributed by atoms with van der Waals surface area (Å²) in [7, 11) is 0. The fourth-order valence-electron chi connectivity index (χ4n) is 1.91. The minimum atomic E-state index is -0.666. The topological polar surface area (TPSA) is 117 Å². The molecule has 0 aliphatic heterocycles. The average Bonchev–Trinajstić information content (AvgIpc) is 3.01. The van der Waals surface area contributed by atoms with Crippen molar-refractivity contribution in [3.8, 4) is 0 Å². The molecule has 0 fully saturated rings. The van der Waals surface area contributed by atoms with Crippen LogP contribution >= 0.6 is 34.9 Å². The predicted molar refractivity (Wildman–Crippen MR) is 105 cm³/mol. The van der Waals surface area contributed by atoms with Gasteiger partial charge in [-0.25, -0.2) is 4.79 Å². The van der Waals surface area contributed by atoms with E-state index in [0.29, 0.717) is 22.2 Å². The van der Waals surface area contributed by atoms with Crippen molar-refractivity contribution in [2.75, 3.05) is 11.9 Å². The zero-order valence-corrected chi connectivity index (χ0v) is 16.4. The number of rotatable bonds is 8. The summed E-state index contributed by atoms with van der Waals surface area (Å²) in [6.45, 7) is 1.92. The molecule has 10 heteroatoms. The molecule has 1 unspecified atom stereocenters. The molecule has 3 amide bonds. The Morgan fingerprint density at radius 3 is 2.69 bits per heavy atom. The number of nitrogens with one attached hydrogen (secondary N) is 2. The third-order valence-electron chi connectivity index (χ3n) is 3.39. The number of primary amides is 1. The van der Waals surface area contributed by atoms with E-state index >= 15 is 0 Å². The summed E-state index contributed by atoms with van der Waals surface area (Å²) in [4.78, 5) is 23.7. The van der Waals surface area contributed by atoms with E-state index in [4.69, 9.17) is 17.3 Å². The molecule has 0 saturated heterocycles. The minimum absolute atomic E-state index is 0.116. The number of hydrogen-bond acceptors (Lipinski definition) is 6. The summed E-state index contributed by atoms with van der Waals surface area (Å²) in [5, 5.41) is 16.0. The van der Waals surface area contributed by atoms with Crippen LogP contribution in [0.5, 0.6) is 0 Å². The molecule has 0 aliphatic carbocycles. The quantitative estimate of drug-likeness (QED) is 0.495. The molecule has 1 aromatic heterocycles.